The molecule has 1 aromatic heterocycles. The molecule has 2 nitrogen and oxygen atoms in total. The molecule has 1 N–H and O–H groups in total. The van der Waals surface area contributed by atoms with Crippen LogP contribution in [0.2, 0.25) is 0 Å². The first-order valence-corrected chi connectivity index (χ1v) is 7.16. The first-order chi connectivity index (χ1) is 9.31. The van der Waals surface area contributed by atoms with E-state index < -0.39 is 0 Å². The maximum atomic E-state index is 5.37. The molecular formula is C17H21NO. The van der Waals surface area contributed by atoms with E-state index in [9.17, 15) is 0 Å². The van der Waals surface area contributed by atoms with Gasteiger partial charge in [-0.1, -0.05) is 24.3 Å². The molecule has 1 atom stereocenters. The van der Waals surface area contributed by atoms with Gasteiger partial charge >= 0.3 is 0 Å². The second-order valence-electron chi connectivity index (χ2n) is 5.58. The molecule has 2 aromatic rings. The molecule has 1 fully saturated rings. The third-order valence-corrected chi connectivity index (χ3v) is 3.77. The number of hydrogen-bond donors (Lipinski definition) is 1. The van der Waals surface area contributed by atoms with Gasteiger partial charge in [-0.2, -0.15) is 0 Å². The van der Waals surface area contributed by atoms with E-state index in [1.807, 2.05) is 12.1 Å². The number of furan rings is 1. The zero-order chi connectivity index (χ0) is 13.1. The minimum absolute atomic E-state index is 0.425. The van der Waals surface area contributed by atoms with Crippen LogP contribution in [0.3, 0.4) is 0 Å². The molecule has 1 saturated carbocycles. The predicted molar refractivity (Wildman–Crippen MR) is 77.1 cm³/mol. The van der Waals surface area contributed by atoms with Crippen LogP contribution in [0, 0.1) is 0 Å². The van der Waals surface area contributed by atoms with Crippen molar-refractivity contribution in [2.45, 2.75) is 44.7 Å². The number of hydrogen-bond acceptors (Lipinski definition) is 2. The Balaban J connectivity index is 1.48. The van der Waals surface area contributed by atoms with E-state index in [0.29, 0.717) is 6.04 Å². The largest absolute Gasteiger partial charge is 0.469 e. The number of nitrogens with one attached hydrogen (secondary N) is 1. The molecule has 100 valence electrons. The summed E-state index contributed by atoms with van der Waals surface area (Å²) in [6.07, 6.45) is 5.42. The van der Waals surface area contributed by atoms with Crippen molar-refractivity contribution in [3.63, 3.8) is 0 Å². The zero-order valence-corrected chi connectivity index (χ0v) is 11.4. The van der Waals surface area contributed by atoms with Crippen LogP contribution < -0.4 is 5.32 Å². The van der Waals surface area contributed by atoms with E-state index in [1.54, 1.807) is 6.26 Å². The Bertz CT molecular complexity index is 497. The lowest BCUT2D eigenvalue weighted by molar-refractivity contribution is 0.456. The van der Waals surface area contributed by atoms with E-state index >= 15 is 0 Å². The second kappa shape index (κ2) is 5.62. The molecule has 1 aliphatic carbocycles. The first-order valence-electron chi connectivity index (χ1n) is 7.16. The van der Waals surface area contributed by atoms with Gasteiger partial charge in [-0.3, -0.25) is 0 Å². The summed E-state index contributed by atoms with van der Waals surface area (Å²) in [5, 5.41) is 3.54. The van der Waals surface area contributed by atoms with Crippen molar-refractivity contribution in [2.24, 2.45) is 0 Å². The molecule has 1 aliphatic rings. The summed E-state index contributed by atoms with van der Waals surface area (Å²) in [7, 11) is 0. The Labute approximate surface area is 114 Å². The molecule has 3 rings (SSSR count). The van der Waals surface area contributed by atoms with E-state index in [-0.39, 0.29) is 0 Å². The van der Waals surface area contributed by atoms with Gasteiger partial charge in [-0.25, -0.2) is 0 Å². The summed E-state index contributed by atoms with van der Waals surface area (Å²) < 4.78 is 5.37. The van der Waals surface area contributed by atoms with Crippen molar-refractivity contribution in [1.29, 1.82) is 0 Å². The smallest absolute Gasteiger partial charge is 0.105 e. The molecule has 2 heteroatoms. The lowest BCUT2D eigenvalue weighted by Gasteiger charge is -2.12. The molecule has 0 bridgehead atoms. The average Bonchev–Trinajstić information content (AvgIpc) is 3.16. The van der Waals surface area contributed by atoms with Gasteiger partial charge in [0.25, 0.3) is 0 Å². The first kappa shape index (κ1) is 12.5. The fourth-order valence-corrected chi connectivity index (χ4v) is 2.42. The Morgan fingerprint density at radius 3 is 2.63 bits per heavy atom. The van der Waals surface area contributed by atoms with Gasteiger partial charge in [0.15, 0.2) is 0 Å². The third kappa shape index (κ3) is 3.48. The van der Waals surface area contributed by atoms with Gasteiger partial charge in [0.2, 0.25) is 0 Å². The van der Waals surface area contributed by atoms with Crippen molar-refractivity contribution in [1.82, 2.24) is 5.32 Å². The van der Waals surface area contributed by atoms with Crippen LogP contribution in [0.25, 0.3) is 0 Å². The van der Waals surface area contributed by atoms with Crippen molar-refractivity contribution < 1.29 is 4.42 Å². The van der Waals surface area contributed by atoms with Gasteiger partial charge in [-0.15, -0.1) is 0 Å². The van der Waals surface area contributed by atoms with Crippen molar-refractivity contribution in [2.75, 3.05) is 0 Å². The van der Waals surface area contributed by atoms with Gasteiger partial charge in [0.05, 0.1) is 6.26 Å². The summed E-state index contributed by atoms with van der Waals surface area (Å²) in [5.74, 6) is 1.89. The van der Waals surface area contributed by atoms with Crippen molar-refractivity contribution in [3.8, 4) is 0 Å². The Morgan fingerprint density at radius 1 is 1.21 bits per heavy atom. The fourth-order valence-electron chi connectivity index (χ4n) is 2.42. The average molecular weight is 255 g/mol. The highest BCUT2D eigenvalue weighted by atomic mass is 16.3. The lowest BCUT2D eigenvalue weighted by Crippen LogP contribution is -2.27. The zero-order valence-electron chi connectivity index (χ0n) is 11.4. The van der Waals surface area contributed by atoms with Gasteiger partial charge < -0.3 is 9.73 Å². The fraction of sp³-hybridized carbons (Fsp3) is 0.412. The van der Waals surface area contributed by atoms with E-state index in [1.165, 1.54) is 24.0 Å². The monoisotopic (exact) mass is 255 g/mol. The van der Waals surface area contributed by atoms with Gasteiger partial charge in [-0.05, 0) is 48.9 Å². The summed E-state index contributed by atoms with van der Waals surface area (Å²) >= 11 is 0. The SMILES string of the molecule is CC(Cc1ccco1)NCc1ccc(C2CC2)cc1. The molecule has 0 radical (unpaired) electrons. The van der Waals surface area contributed by atoms with E-state index in [4.69, 9.17) is 4.42 Å². The van der Waals surface area contributed by atoms with E-state index in [2.05, 4.69) is 36.5 Å². The summed E-state index contributed by atoms with van der Waals surface area (Å²) in [4.78, 5) is 0. The highest BCUT2D eigenvalue weighted by Gasteiger charge is 2.22. The third-order valence-electron chi connectivity index (χ3n) is 3.77. The predicted octanol–water partition coefficient (Wildman–Crippen LogP) is 3.88. The van der Waals surface area contributed by atoms with Crippen LogP contribution in [0.15, 0.2) is 47.1 Å². The maximum Gasteiger partial charge on any atom is 0.105 e. The van der Waals surface area contributed by atoms with Crippen LogP contribution in [-0.4, -0.2) is 6.04 Å². The quantitative estimate of drug-likeness (QED) is 0.847. The highest BCUT2D eigenvalue weighted by molar-refractivity contribution is 5.28. The van der Waals surface area contributed by atoms with Gasteiger partial charge in [0.1, 0.15) is 5.76 Å². The molecule has 0 aliphatic heterocycles. The second-order valence-corrected chi connectivity index (χ2v) is 5.58. The minimum atomic E-state index is 0.425. The molecule has 1 heterocycles. The van der Waals surface area contributed by atoms with E-state index in [0.717, 1.165) is 24.6 Å². The van der Waals surface area contributed by atoms with Crippen molar-refractivity contribution >= 4 is 0 Å². The van der Waals surface area contributed by atoms with Crippen LogP contribution >= 0.6 is 0 Å². The van der Waals surface area contributed by atoms with Gasteiger partial charge in [0, 0.05) is 19.0 Å². The summed E-state index contributed by atoms with van der Waals surface area (Å²) in [5.41, 5.74) is 2.86. The molecule has 1 unspecified atom stereocenters. The van der Waals surface area contributed by atoms with Crippen LogP contribution in [-0.2, 0) is 13.0 Å². The Kier molecular flexibility index (Phi) is 3.69. The number of benzene rings is 1. The molecular weight excluding hydrogens is 234 g/mol. The molecule has 0 saturated heterocycles. The standard InChI is InChI=1S/C17H21NO/c1-13(11-17-3-2-10-19-17)18-12-14-4-6-15(7-5-14)16-8-9-16/h2-7,10,13,16,18H,8-9,11-12H2,1H3. The maximum absolute atomic E-state index is 5.37. The summed E-state index contributed by atoms with van der Waals surface area (Å²) in [6.45, 7) is 3.12. The Hall–Kier alpha value is -1.54. The molecule has 0 spiro atoms. The highest BCUT2D eigenvalue weighted by Crippen LogP contribution is 2.39. The molecule has 0 amide bonds. The molecule has 19 heavy (non-hydrogen) atoms. The minimum Gasteiger partial charge on any atom is -0.469 e. The topological polar surface area (TPSA) is 25.2 Å². The number of rotatable bonds is 6. The normalized spacial score (nSPS) is 16.5. The van der Waals surface area contributed by atoms with Crippen LogP contribution in [0.5, 0.6) is 0 Å². The summed E-state index contributed by atoms with van der Waals surface area (Å²) in [6, 6.07) is 13.5. The van der Waals surface area contributed by atoms with Crippen LogP contribution in [0.1, 0.15) is 42.6 Å². The molecule has 1 aromatic carbocycles. The lowest BCUT2D eigenvalue weighted by atomic mass is 10.1. The van der Waals surface area contributed by atoms with Crippen molar-refractivity contribution in [3.05, 3.63) is 59.5 Å². The Morgan fingerprint density at radius 2 is 2.00 bits per heavy atom. The van der Waals surface area contributed by atoms with Crippen LogP contribution in [0.4, 0.5) is 0 Å².